The second-order valence-electron chi connectivity index (χ2n) is 6.88. The molecule has 0 atom stereocenters. The number of nitrogens with one attached hydrogen (secondary N) is 1. The monoisotopic (exact) mass is 451 g/mol. The van der Waals surface area contributed by atoms with E-state index < -0.39 is 23.6 Å². The van der Waals surface area contributed by atoms with Gasteiger partial charge in [0.05, 0.1) is 35.6 Å². The average Bonchev–Trinajstić information content (AvgIpc) is 3.30. The number of carbonyl (C=O) groups is 2. The third-order valence-corrected chi connectivity index (χ3v) is 4.62. The molecule has 0 unspecified atom stereocenters. The molecule has 0 aliphatic rings. The zero-order valence-corrected chi connectivity index (χ0v) is 17.2. The Balaban J connectivity index is 1.71. The zero-order valence-electron chi connectivity index (χ0n) is 17.2. The minimum atomic E-state index is -4.48. The fourth-order valence-electron chi connectivity index (χ4n) is 2.98. The summed E-state index contributed by atoms with van der Waals surface area (Å²) >= 11 is 0. The van der Waals surface area contributed by atoms with Gasteiger partial charge in [0, 0.05) is 6.20 Å². The van der Waals surface area contributed by atoms with Crippen molar-refractivity contribution in [3.8, 4) is 5.75 Å². The SMILES string of the molecule is Cc1nn(COc2cccc(C(F)(F)F)c2)c(C)c1NC(=O)c1ccnn1CCC(=O)O. The number of nitrogens with zero attached hydrogens (tertiary/aromatic N) is 4. The van der Waals surface area contributed by atoms with Crippen LogP contribution in [0.4, 0.5) is 18.9 Å². The molecule has 9 nitrogen and oxygen atoms in total. The third-order valence-electron chi connectivity index (χ3n) is 4.62. The Bertz CT molecular complexity index is 1140. The smallest absolute Gasteiger partial charge is 0.416 e. The summed E-state index contributed by atoms with van der Waals surface area (Å²) < 4.78 is 46.7. The number of alkyl halides is 3. The Kier molecular flexibility index (Phi) is 6.51. The van der Waals surface area contributed by atoms with Gasteiger partial charge < -0.3 is 15.2 Å². The van der Waals surface area contributed by atoms with E-state index in [4.69, 9.17) is 9.84 Å². The molecule has 12 heteroatoms. The highest BCUT2D eigenvalue weighted by molar-refractivity contribution is 6.03. The van der Waals surface area contributed by atoms with Crippen molar-refractivity contribution in [3.63, 3.8) is 0 Å². The van der Waals surface area contributed by atoms with Crippen molar-refractivity contribution < 1.29 is 32.6 Å². The van der Waals surface area contributed by atoms with Gasteiger partial charge >= 0.3 is 12.1 Å². The van der Waals surface area contributed by atoms with Crippen LogP contribution < -0.4 is 10.1 Å². The van der Waals surface area contributed by atoms with Crippen molar-refractivity contribution in [3.05, 3.63) is 59.2 Å². The molecule has 3 aromatic rings. The molecule has 1 aromatic carbocycles. The van der Waals surface area contributed by atoms with Gasteiger partial charge in [-0.1, -0.05) is 6.07 Å². The van der Waals surface area contributed by atoms with Gasteiger partial charge in [-0.15, -0.1) is 0 Å². The summed E-state index contributed by atoms with van der Waals surface area (Å²) in [6.07, 6.45) is -3.28. The first-order chi connectivity index (χ1) is 15.1. The van der Waals surface area contributed by atoms with Crippen LogP contribution in [0.2, 0.25) is 0 Å². The predicted molar refractivity (Wildman–Crippen MR) is 106 cm³/mol. The molecule has 2 aromatic heterocycles. The van der Waals surface area contributed by atoms with Crippen LogP contribution in [0.3, 0.4) is 0 Å². The topological polar surface area (TPSA) is 111 Å². The summed E-state index contributed by atoms with van der Waals surface area (Å²) in [5, 5.41) is 19.8. The quantitative estimate of drug-likeness (QED) is 0.543. The van der Waals surface area contributed by atoms with Crippen molar-refractivity contribution in [2.24, 2.45) is 0 Å². The molecular formula is C20H20F3N5O4. The normalized spacial score (nSPS) is 11.4. The highest BCUT2D eigenvalue weighted by Crippen LogP contribution is 2.31. The molecule has 32 heavy (non-hydrogen) atoms. The number of halogens is 3. The molecule has 0 spiro atoms. The molecule has 0 aliphatic heterocycles. The molecule has 1 amide bonds. The first-order valence-corrected chi connectivity index (χ1v) is 9.45. The third kappa shape index (κ3) is 5.25. The number of rotatable bonds is 8. The molecule has 0 aliphatic carbocycles. The molecule has 170 valence electrons. The summed E-state index contributed by atoms with van der Waals surface area (Å²) in [5.74, 6) is -1.49. The van der Waals surface area contributed by atoms with Gasteiger partial charge in [0.1, 0.15) is 11.4 Å². The van der Waals surface area contributed by atoms with E-state index in [1.54, 1.807) is 13.8 Å². The van der Waals surface area contributed by atoms with Gasteiger partial charge in [0.15, 0.2) is 6.73 Å². The van der Waals surface area contributed by atoms with Gasteiger partial charge in [-0.05, 0) is 38.1 Å². The van der Waals surface area contributed by atoms with Crippen molar-refractivity contribution in [2.75, 3.05) is 5.32 Å². The molecule has 0 saturated heterocycles. The van der Waals surface area contributed by atoms with E-state index in [1.165, 1.54) is 33.8 Å². The van der Waals surface area contributed by atoms with Crippen molar-refractivity contribution in [2.45, 2.75) is 39.7 Å². The molecule has 2 N–H and O–H groups in total. The Morgan fingerprint density at radius 3 is 2.62 bits per heavy atom. The maximum atomic E-state index is 12.9. The molecule has 3 rings (SSSR count). The maximum absolute atomic E-state index is 12.9. The second kappa shape index (κ2) is 9.12. The average molecular weight is 451 g/mol. The number of carboxylic acid groups (broad SMARTS) is 1. The number of amides is 1. The number of hydrogen-bond acceptors (Lipinski definition) is 5. The summed E-state index contributed by atoms with van der Waals surface area (Å²) in [6, 6.07) is 5.96. The van der Waals surface area contributed by atoms with Crippen LogP contribution in [0, 0.1) is 13.8 Å². The fourth-order valence-corrected chi connectivity index (χ4v) is 2.98. The Hall–Kier alpha value is -3.83. The zero-order chi connectivity index (χ0) is 23.5. The van der Waals surface area contributed by atoms with Crippen LogP contribution in [-0.2, 0) is 24.2 Å². The molecule has 0 radical (unpaired) electrons. The van der Waals surface area contributed by atoms with E-state index in [0.29, 0.717) is 17.1 Å². The molecule has 0 fully saturated rings. The Morgan fingerprint density at radius 1 is 1.19 bits per heavy atom. The van der Waals surface area contributed by atoms with Crippen molar-refractivity contribution >= 4 is 17.6 Å². The lowest BCUT2D eigenvalue weighted by atomic mass is 10.2. The minimum absolute atomic E-state index is 0.0281. The number of carbonyl (C=O) groups excluding carboxylic acids is 1. The predicted octanol–water partition coefficient (Wildman–Crippen LogP) is 3.48. The van der Waals surface area contributed by atoms with Gasteiger partial charge in [-0.2, -0.15) is 23.4 Å². The molecular weight excluding hydrogens is 431 g/mol. The molecule has 0 bridgehead atoms. The maximum Gasteiger partial charge on any atom is 0.416 e. The van der Waals surface area contributed by atoms with E-state index in [2.05, 4.69) is 15.5 Å². The van der Waals surface area contributed by atoms with Gasteiger partial charge in [-0.25, -0.2) is 4.68 Å². The van der Waals surface area contributed by atoms with Gasteiger partial charge in [-0.3, -0.25) is 14.3 Å². The standard InChI is InChI=1S/C20H20F3N5O4/c1-12-18(25-19(31)16-6-8-24-27(16)9-7-17(29)30)13(2)28(26-12)11-32-15-5-3-4-14(10-15)20(21,22)23/h3-6,8,10H,7,9,11H2,1-2H3,(H,25,31)(H,29,30). The Morgan fingerprint density at radius 2 is 1.94 bits per heavy atom. The van der Waals surface area contributed by atoms with Crippen LogP contribution in [0.5, 0.6) is 5.75 Å². The number of ether oxygens (including phenoxy) is 1. The Labute approximate surface area is 180 Å². The number of aryl methyl sites for hydroxylation is 2. The number of carboxylic acids is 1. The van der Waals surface area contributed by atoms with E-state index in [0.717, 1.165) is 12.1 Å². The van der Waals surface area contributed by atoms with Crippen LogP contribution in [-0.4, -0.2) is 36.5 Å². The summed E-state index contributed by atoms with van der Waals surface area (Å²) in [6.45, 7) is 3.20. The van der Waals surface area contributed by atoms with E-state index in [-0.39, 0.29) is 31.1 Å². The lowest BCUT2D eigenvalue weighted by molar-refractivity contribution is -0.138. The minimum Gasteiger partial charge on any atom is -0.481 e. The largest absolute Gasteiger partial charge is 0.481 e. The highest BCUT2D eigenvalue weighted by Gasteiger charge is 2.30. The summed E-state index contributed by atoms with van der Waals surface area (Å²) in [5.41, 5.74) is 0.766. The lowest BCUT2D eigenvalue weighted by Crippen LogP contribution is -2.19. The van der Waals surface area contributed by atoms with Crippen molar-refractivity contribution in [1.82, 2.24) is 19.6 Å². The fraction of sp³-hybridized carbons (Fsp3) is 0.300. The van der Waals surface area contributed by atoms with Crippen LogP contribution in [0.1, 0.15) is 33.9 Å². The molecule has 2 heterocycles. The first-order valence-electron chi connectivity index (χ1n) is 9.45. The highest BCUT2D eigenvalue weighted by atomic mass is 19.4. The number of anilines is 1. The number of benzene rings is 1. The summed E-state index contributed by atoms with van der Waals surface area (Å²) in [7, 11) is 0. The number of hydrogen-bond donors (Lipinski definition) is 2. The number of aromatic nitrogens is 4. The van der Waals surface area contributed by atoms with Crippen LogP contribution >= 0.6 is 0 Å². The van der Waals surface area contributed by atoms with Gasteiger partial charge in [0.25, 0.3) is 5.91 Å². The molecule has 0 saturated carbocycles. The van der Waals surface area contributed by atoms with Crippen LogP contribution in [0.15, 0.2) is 36.5 Å². The van der Waals surface area contributed by atoms with E-state index >= 15 is 0 Å². The first kappa shape index (κ1) is 22.8. The second-order valence-corrected chi connectivity index (χ2v) is 6.88. The van der Waals surface area contributed by atoms with Crippen molar-refractivity contribution in [1.29, 1.82) is 0 Å². The van der Waals surface area contributed by atoms with E-state index in [1.807, 2.05) is 0 Å². The van der Waals surface area contributed by atoms with Crippen LogP contribution in [0.25, 0.3) is 0 Å². The van der Waals surface area contributed by atoms with E-state index in [9.17, 15) is 22.8 Å². The summed E-state index contributed by atoms with van der Waals surface area (Å²) in [4.78, 5) is 23.4. The van der Waals surface area contributed by atoms with Gasteiger partial charge in [0.2, 0.25) is 0 Å². The number of aliphatic carboxylic acids is 1. The lowest BCUT2D eigenvalue weighted by Gasteiger charge is -2.11.